The molecule has 2 rings (SSSR count). The van der Waals surface area contributed by atoms with Crippen molar-refractivity contribution in [3.8, 4) is 5.75 Å². The summed E-state index contributed by atoms with van der Waals surface area (Å²) in [7, 11) is -2.65. The zero-order valence-corrected chi connectivity index (χ0v) is 15.3. The number of hydrogen-bond donors (Lipinski definition) is 1. The van der Waals surface area contributed by atoms with Gasteiger partial charge in [0.2, 0.25) is 10.0 Å². The first-order chi connectivity index (χ1) is 11.8. The first kappa shape index (κ1) is 19.2. The molecule has 0 fully saturated rings. The molecule has 25 heavy (non-hydrogen) atoms. The van der Waals surface area contributed by atoms with Gasteiger partial charge < -0.3 is 9.47 Å². The van der Waals surface area contributed by atoms with Gasteiger partial charge in [0.15, 0.2) is 0 Å². The number of ether oxygens (including phenoxy) is 2. The molecule has 0 saturated heterocycles. The molecule has 1 N–H and O–H groups in total. The van der Waals surface area contributed by atoms with Crippen LogP contribution in [0, 0.1) is 0 Å². The maximum atomic E-state index is 12.5. The quantitative estimate of drug-likeness (QED) is 0.743. The van der Waals surface area contributed by atoms with Crippen molar-refractivity contribution in [1.82, 2.24) is 4.72 Å². The summed E-state index contributed by atoms with van der Waals surface area (Å²) in [6, 6.07) is 12.4. The Labute approximate surface area is 151 Å². The van der Waals surface area contributed by atoms with Crippen LogP contribution in [0.5, 0.6) is 5.75 Å². The number of carbonyl (C=O) groups excluding carboxylic acids is 1. The van der Waals surface area contributed by atoms with Gasteiger partial charge in [0.1, 0.15) is 12.4 Å². The molecular formula is C17H18ClNO5S. The second-order valence-corrected chi connectivity index (χ2v) is 7.40. The lowest BCUT2D eigenvalue weighted by molar-refractivity contribution is 0.0600. The summed E-state index contributed by atoms with van der Waals surface area (Å²) in [6.45, 7) is 1.83. The Morgan fingerprint density at radius 1 is 1.20 bits per heavy atom. The predicted octanol–water partition coefficient (Wildman–Crippen LogP) is 2.87. The second kappa shape index (κ2) is 8.33. The molecule has 6 nitrogen and oxygen atoms in total. The number of rotatable bonds is 7. The van der Waals surface area contributed by atoms with Crippen LogP contribution in [0.3, 0.4) is 0 Å². The molecule has 0 amide bonds. The first-order valence-corrected chi connectivity index (χ1v) is 9.27. The smallest absolute Gasteiger partial charge is 0.339 e. The van der Waals surface area contributed by atoms with E-state index in [0.717, 1.165) is 0 Å². The summed E-state index contributed by atoms with van der Waals surface area (Å²) in [4.78, 5) is 11.6. The largest absolute Gasteiger partial charge is 0.492 e. The molecular weight excluding hydrogens is 366 g/mol. The average Bonchev–Trinajstić information content (AvgIpc) is 2.60. The molecule has 2 aromatic carbocycles. The molecule has 134 valence electrons. The van der Waals surface area contributed by atoms with Crippen molar-refractivity contribution in [2.75, 3.05) is 13.7 Å². The Morgan fingerprint density at radius 2 is 1.88 bits per heavy atom. The van der Waals surface area contributed by atoms with Crippen LogP contribution in [0.1, 0.15) is 17.3 Å². The van der Waals surface area contributed by atoms with E-state index in [2.05, 4.69) is 9.46 Å². The number of carbonyl (C=O) groups is 1. The standard InChI is InChI=1S/C17H18ClNO5S/c1-12(11-24-13-6-4-3-5-7-13)19-25(21,22)14-8-9-16(18)15(10-14)17(20)23-2/h3-10,12,19H,11H2,1-2H3. The number of methoxy groups -OCH3 is 1. The summed E-state index contributed by atoms with van der Waals surface area (Å²) in [6.07, 6.45) is 0. The number of nitrogens with one attached hydrogen (secondary N) is 1. The molecule has 0 radical (unpaired) electrons. The number of halogens is 1. The summed E-state index contributed by atoms with van der Waals surface area (Å²) >= 11 is 5.91. The molecule has 0 aliphatic heterocycles. The summed E-state index contributed by atoms with van der Waals surface area (Å²) in [5.74, 6) is -0.0597. The normalized spacial score (nSPS) is 12.4. The molecule has 1 unspecified atom stereocenters. The van der Waals surface area contributed by atoms with Crippen molar-refractivity contribution >= 4 is 27.6 Å². The van der Waals surface area contributed by atoms with E-state index in [4.69, 9.17) is 16.3 Å². The summed E-state index contributed by atoms with van der Waals surface area (Å²) in [5.41, 5.74) is -0.0137. The molecule has 0 aromatic heterocycles. The van der Waals surface area contributed by atoms with Crippen molar-refractivity contribution in [3.63, 3.8) is 0 Å². The highest BCUT2D eigenvalue weighted by Gasteiger charge is 2.21. The average molecular weight is 384 g/mol. The molecule has 0 spiro atoms. The van der Waals surface area contributed by atoms with Crippen molar-refractivity contribution in [2.45, 2.75) is 17.9 Å². The van der Waals surface area contributed by atoms with Crippen molar-refractivity contribution in [2.24, 2.45) is 0 Å². The zero-order chi connectivity index (χ0) is 18.4. The van der Waals surface area contributed by atoms with Crippen LogP contribution in [0.2, 0.25) is 5.02 Å². The Morgan fingerprint density at radius 3 is 2.52 bits per heavy atom. The van der Waals surface area contributed by atoms with Crippen LogP contribution in [0.15, 0.2) is 53.4 Å². The Bertz CT molecular complexity index is 839. The lowest BCUT2D eigenvalue weighted by Crippen LogP contribution is -2.36. The van der Waals surface area contributed by atoms with Crippen LogP contribution in [-0.2, 0) is 14.8 Å². The molecule has 8 heteroatoms. The minimum Gasteiger partial charge on any atom is -0.492 e. The molecule has 0 saturated carbocycles. The molecule has 0 aliphatic rings. The topological polar surface area (TPSA) is 81.7 Å². The zero-order valence-electron chi connectivity index (χ0n) is 13.7. The minimum atomic E-state index is -3.84. The highest BCUT2D eigenvalue weighted by molar-refractivity contribution is 7.89. The fourth-order valence-electron chi connectivity index (χ4n) is 2.04. The highest BCUT2D eigenvalue weighted by atomic mass is 35.5. The van der Waals surface area contributed by atoms with Gasteiger partial charge in [-0.15, -0.1) is 0 Å². The van der Waals surface area contributed by atoms with E-state index in [1.54, 1.807) is 19.1 Å². The number of benzene rings is 2. The second-order valence-electron chi connectivity index (χ2n) is 5.28. The van der Waals surface area contributed by atoms with Gasteiger partial charge in [-0.05, 0) is 37.3 Å². The fourth-order valence-corrected chi connectivity index (χ4v) is 3.49. The summed E-state index contributed by atoms with van der Waals surface area (Å²) < 4.78 is 37.6. The third-order valence-electron chi connectivity index (χ3n) is 3.25. The number of sulfonamides is 1. The van der Waals surface area contributed by atoms with Gasteiger partial charge in [-0.3, -0.25) is 0 Å². The van der Waals surface area contributed by atoms with Gasteiger partial charge >= 0.3 is 5.97 Å². The Hall–Kier alpha value is -2.09. The molecule has 0 bridgehead atoms. The molecule has 0 aliphatic carbocycles. The van der Waals surface area contributed by atoms with Crippen LogP contribution >= 0.6 is 11.6 Å². The highest BCUT2D eigenvalue weighted by Crippen LogP contribution is 2.21. The van der Waals surface area contributed by atoms with E-state index < -0.39 is 22.0 Å². The SMILES string of the molecule is COC(=O)c1cc(S(=O)(=O)NC(C)COc2ccccc2)ccc1Cl. The maximum Gasteiger partial charge on any atom is 0.339 e. The monoisotopic (exact) mass is 383 g/mol. The van der Waals surface area contributed by atoms with E-state index >= 15 is 0 Å². The van der Waals surface area contributed by atoms with Crippen molar-refractivity contribution < 1.29 is 22.7 Å². The number of esters is 1. The van der Waals surface area contributed by atoms with Gasteiger partial charge in [-0.1, -0.05) is 29.8 Å². The van der Waals surface area contributed by atoms with Crippen molar-refractivity contribution in [3.05, 3.63) is 59.1 Å². The van der Waals surface area contributed by atoms with E-state index in [-0.39, 0.29) is 22.1 Å². The van der Waals surface area contributed by atoms with E-state index in [0.29, 0.717) is 5.75 Å². The minimum absolute atomic E-state index is 0.0137. The van der Waals surface area contributed by atoms with E-state index in [1.807, 2.05) is 18.2 Å². The Kier molecular flexibility index (Phi) is 6.41. The van der Waals surface area contributed by atoms with E-state index in [1.165, 1.54) is 25.3 Å². The van der Waals surface area contributed by atoms with Gasteiger partial charge in [0.25, 0.3) is 0 Å². The molecule has 0 heterocycles. The van der Waals surface area contributed by atoms with Crippen molar-refractivity contribution in [1.29, 1.82) is 0 Å². The van der Waals surface area contributed by atoms with Crippen LogP contribution in [0.25, 0.3) is 0 Å². The van der Waals surface area contributed by atoms with Gasteiger partial charge in [0.05, 0.1) is 28.6 Å². The summed E-state index contributed by atoms with van der Waals surface area (Å²) in [5, 5.41) is 0.117. The van der Waals surface area contributed by atoms with E-state index in [9.17, 15) is 13.2 Å². The maximum absolute atomic E-state index is 12.5. The van der Waals surface area contributed by atoms with Gasteiger partial charge in [-0.2, -0.15) is 0 Å². The molecule has 2 aromatic rings. The van der Waals surface area contributed by atoms with Crippen LogP contribution in [0.4, 0.5) is 0 Å². The number of hydrogen-bond acceptors (Lipinski definition) is 5. The Balaban J connectivity index is 2.09. The fraction of sp³-hybridized carbons (Fsp3) is 0.235. The predicted molar refractivity (Wildman–Crippen MR) is 94.5 cm³/mol. The lowest BCUT2D eigenvalue weighted by Gasteiger charge is -2.16. The third-order valence-corrected chi connectivity index (χ3v) is 5.17. The lowest BCUT2D eigenvalue weighted by atomic mass is 10.2. The third kappa shape index (κ3) is 5.19. The van der Waals surface area contributed by atoms with Crippen LogP contribution < -0.4 is 9.46 Å². The van der Waals surface area contributed by atoms with Crippen LogP contribution in [-0.4, -0.2) is 34.1 Å². The molecule has 1 atom stereocenters. The number of para-hydroxylation sites is 1. The van der Waals surface area contributed by atoms with Gasteiger partial charge in [-0.25, -0.2) is 17.9 Å². The first-order valence-electron chi connectivity index (χ1n) is 7.41. The van der Waals surface area contributed by atoms with Gasteiger partial charge in [0, 0.05) is 0 Å².